The molecule has 3 aliphatic heterocycles. The van der Waals surface area contributed by atoms with Gasteiger partial charge in [0.05, 0.1) is 25.4 Å². The molecule has 122 valence electrons. The number of fused-ring (bicyclic) bond motifs is 1. The Morgan fingerprint density at radius 2 is 2.19 bits per heavy atom. The first kappa shape index (κ1) is 15.7. The van der Waals surface area contributed by atoms with Crippen LogP contribution in [0.5, 0.6) is 0 Å². The smallest absolute Gasteiger partial charge is 0.0897 e. The van der Waals surface area contributed by atoms with Gasteiger partial charge in [0.1, 0.15) is 0 Å². The van der Waals surface area contributed by atoms with Crippen LogP contribution in [0.15, 0.2) is 0 Å². The third-order valence-electron chi connectivity index (χ3n) is 5.10. The van der Waals surface area contributed by atoms with Crippen LogP contribution in [0.4, 0.5) is 0 Å². The molecule has 5 heteroatoms. The van der Waals surface area contributed by atoms with Crippen molar-refractivity contribution in [3.63, 3.8) is 0 Å². The molecule has 0 amide bonds. The van der Waals surface area contributed by atoms with Gasteiger partial charge in [0, 0.05) is 25.2 Å². The van der Waals surface area contributed by atoms with Gasteiger partial charge in [-0.05, 0) is 51.6 Å². The van der Waals surface area contributed by atoms with Gasteiger partial charge >= 0.3 is 0 Å². The zero-order valence-electron chi connectivity index (χ0n) is 13.0. The molecule has 0 saturated carbocycles. The van der Waals surface area contributed by atoms with E-state index < -0.39 is 6.10 Å². The standard InChI is InChI=1S/C16H30N2O3/c19-15(11-20-12-16-4-2-8-21-16)10-17-13-5-7-18-6-1-3-14(18)9-13/h13-17,19H,1-12H2. The minimum Gasteiger partial charge on any atom is -0.389 e. The van der Waals surface area contributed by atoms with E-state index in [1.54, 1.807) is 0 Å². The van der Waals surface area contributed by atoms with Crippen LogP contribution in [-0.4, -0.2) is 73.8 Å². The summed E-state index contributed by atoms with van der Waals surface area (Å²) in [5.41, 5.74) is 0. The van der Waals surface area contributed by atoms with E-state index in [0.29, 0.717) is 25.8 Å². The Morgan fingerprint density at radius 3 is 3.05 bits per heavy atom. The Kier molecular flexibility index (Phi) is 5.89. The molecule has 0 aliphatic carbocycles. The van der Waals surface area contributed by atoms with Gasteiger partial charge in [-0.25, -0.2) is 0 Å². The molecule has 0 aromatic heterocycles. The van der Waals surface area contributed by atoms with E-state index in [0.717, 1.165) is 25.5 Å². The lowest BCUT2D eigenvalue weighted by Gasteiger charge is -2.35. The number of rotatable bonds is 7. The summed E-state index contributed by atoms with van der Waals surface area (Å²) >= 11 is 0. The molecule has 0 aromatic carbocycles. The maximum atomic E-state index is 10.0. The Hall–Kier alpha value is -0.200. The molecule has 0 radical (unpaired) electrons. The summed E-state index contributed by atoms with van der Waals surface area (Å²) in [5, 5.41) is 13.5. The number of ether oxygens (including phenoxy) is 2. The highest BCUT2D eigenvalue weighted by molar-refractivity contribution is 4.89. The fraction of sp³-hybridized carbons (Fsp3) is 1.00. The quantitative estimate of drug-likeness (QED) is 0.727. The molecule has 5 nitrogen and oxygen atoms in total. The first-order chi connectivity index (χ1) is 10.3. The number of aliphatic hydroxyl groups is 1. The third kappa shape index (κ3) is 4.63. The van der Waals surface area contributed by atoms with Crippen LogP contribution in [0.3, 0.4) is 0 Å². The van der Waals surface area contributed by atoms with Gasteiger partial charge in [0.2, 0.25) is 0 Å². The first-order valence-electron chi connectivity index (χ1n) is 8.66. The van der Waals surface area contributed by atoms with E-state index >= 15 is 0 Å². The van der Waals surface area contributed by atoms with Crippen molar-refractivity contribution in [3.05, 3.63) is 0 Å². The monoisotopic (exact) mass is 298 g/mol. The first-order valence-corrected chi connectivity index (χ1v) is 8.66. The van der Waals surface area contributed by atoms with Gasteiger partial charge in [-0.15, -0.1) is 0 Å². The molecule has 3 rings (SSSR count). The van der Waals surface area contributed by atoms with E-state index in [1.165, 1.54) is 38.8 Å². The van der Waals surface area contributed by atoms with Crippen molar-refractivity contribution in [2.24, 2.45) is 0 Å². The second kappa shape index (κ2) is 7.88. The van der Waals surface area contributed by atoms with Crippen LogP contribution in [0.2, 0.25) is 0 Å². The van der Waals surface area contributed by atoms with E-state index in [9.17, 15) is 5.11 Å². The van der Waals surface area contributed by atoms with Crippen molar-refractivity contribution in [2.45, 2.75) is 62.8 Å². The van der Waals surface area contributed by atoms with Gasteiger partial charge < -0.3 is 24.8 Å². The molecule has 0 bridgehead atoms. The highest BCUT2D eigenvalue weighted by Gasteiger charge is 2.31. The molecule has 3 aliphatic rings. The molecule has 3 saturated heterocycles. The Labute approximate surface area is 128 Å². The highest BCUT2D eigenvalue weighted by Crippen LogP contribution is 2.26. The number of hydrogen-bond acceptors (Lipinski definition) is 5. The van der Waals surface area contributed by atoms with Gasteiger partial charge in [-0.3, -0.25) is 0 Å². The molecule has 2 N–H and O–H groups in total. The van der Waals surface area contributed by atoms with Crippen LogP contribution in [-0.2, 0) is 9.47 Å². The lowest BCUT2D eigenvalue weighted by Crippen LogP contribution is -2.47. The maximum Gasteiger partial charge on any atom is 0.0897 e. The zero-order chi connectivity index (χ0) is 14.5. The van der Waals surface area contributed by atoms with Crippen molar-refractivity contribution in [3.8, 4) is 0 Å². The van der Waals surface area contributed by atoms with Crippen LogP contribution in [0, 0.1) is 0 Å². The van der Waals surface area contributed by atoms with Gasteiger partial charge in [-0.1, -0.05) is 0 Å². The summed E-state index contributed by atoms with van der Waals surface area (Å²) in [7, 11) is 0. The summed E-state index contributed by atoms with van der Waals surface area (Å²) < 4.78 is 11.1. The topological polar surface area (TPSA) is 54.0 Å². The zero-order valence-corrected chi connectivity index (χ0v) is 13.0. The summed E-state index contributed by atoms with van der Waals surface area (Å²) in [6.07, 6.45) is 7.22. The van der Waals surface area contributed by atoms with Gasteiger partial charge in [0.25, 0.3) is 0 Å². The number of nitrogens with zero attached hydrogens (tertiary/aromatic N) is 1. The van der Waals surface area contributed by atoms with Crippen LogP contribution in [0.1, 0.15) is 38.5 Å². The second-order valence-corrected chi connectivity index (χ2v) is 6.79. The minimum atomic E-state index is -0.409. The Balaban J connectivity index is 1.26. The highest BCUT2D eigenvalue weighted by atomic mass is 16.5. The van der Waals surface area contributed by atoms with Crippen LogP contribution in [0.25, 0.3) is 0 Å². The molecule has 21 heavy (non-hydrogen) atoms. The van der Waals surface area contributed by atoms with Crippen molar-refractivity contribution in [1.29, 1.82) is 0 Å². The number of nitrogens with one attached hydrogen (secondary N) is 1. The largest absolute Gasteiger partial charge is 0.389 e. The number of aliphatic hydroxyl groups excluding tert-OH is 1. The maximum absolute atomic E-state index is 10.0. The minimum absolute atomic E-state index is 0.247. The van der Waals surface area contributed by atoms with E-state index in [4.69, 9.17) is 9.47 Å². The van der Waals surface area contributed by atoms with Gasteiger partial charge in [-0.2, -0.15) is 0 Å². The summed E-state index contributed by atoms with van der Waals surface area (Å²) in [4.78, 5) is 2.62. The predicted octanol–water partition coefficient (Wildman–Crippen LogP) is 0.759. The van der Waals surface area contributed by atoms with Crippen molar-refractivity contribution in [2.75, 3.05) is 39.5 Å². The van der Waals surface area contributed by atoms with Gasteiger partial charge in [0.15, 0.2) is 0 Å². The summed E-state index contributed by atoms with van der Waals surface area (Å²) in [6, 6.07) is 1.35. The molecular weight excluding hydrogens is 268 g/mol. The van der Waals surface area contributed by atoms with E-state index in [2.05, 4.69) is 10.2 Å². The average Bonchev–Trinajstić information content (AvgIpc) is 3.15. The summed E-state index contributed by atoms with van der Waals surface area (Å²) in [6.45, 7) is 5.04. The number of piperidine rings is 1. The fourth-order valence-corrected chi connectivity index (χ4v) is 3.88. The predicted molar refractivity (Wildman–Crippen MR) is 81.4 cm³/mol. The Bertz CT molecular complexity index is 310. The summed E-state index contributed by atoms with van der Waals surface area (Å²) in [5.74, 6) is 0. The lowest BCUT2D eigenvalue weighted by atomic mass is 9.97. The Morgan fingerprint density at radius 1 is 1.24 bits per heavy atom. The van der Waals surface area contributed by atoms with Crippen molar-refractivity contribution in [1.82, 2.24) is 10.2 Å². The van der Waals surface area contributed by atoms with Crippen LogP contribution >= 0.6 is 0 Å². The van der Waals surface area contributed by atoms with E-state index in [1.807, 2.05) is 0 Å². The van der Waals surface area contributed by atoms with E-state index in [-0.39, 0.29) is 6.10 Å². The van der Waals surface area contributed by atoms with Crippen molar-refractivity contribution < 1.29 is 14.6 Å². The van der Waals surface area contributed by atoms with Crippen molar-refractivity contribution >= 4 is 0 Å². The van der Waals surface area contributed by atoms with Crippen LogP contribution < -0.4 is 5.32 Å². The molecule has 0 aromatic rings. The SMILES string of the molecule is OC(CNC1CCN2CCCC2C1)COCC1CCCO1. The normalized spacial score (nSPS) is 35.0. The second-order valence-electron chi connectivity index (χ2n) is 6.79. The molecular formula is C16H30N2O3. The molecule has 3 heterocycles. The molecule has 0 spiro atoms. The molecule has 4 atom stereocenters. The molecule has 3 fully saturated rings. The fourth-order valence-electron chi connectivity index (χ4n) is 3.88. The third-order valence-corrected chi connectivity index (χ3v) is 5.10. The number of hydrogen-bond donors (Lipinski definition) is 2. The lowest BCUT2D eigenvalue weighted by molar-refractivity contribution is -0.0175. The molecule has 4 unspecified atom stereocenters. The average molecular weight is 298 g/mol.